The Morgan fingerprint density at radius 1 is 1.07 bits per heavy atom. The molecule has 0 aromatic rings. The normalized spacial score (nSPS) is 37.1. The van der Waals surface area contributed by atoms with Crippen molar-refractivity contribution in [1.29, 1.82) is 0 Å². The number of amides is 1. The zero-order chi connectivity index (χ0) is 20.1. The van der Waals surface area contributed by atoms with Crippen LogP contribution in [0, 0.1) is 16.0 Å². The summed E-state index contributed by atoms with van der Waals surface area (Å²) in [5.41, 5.74) is 0. The van der Waals surface area contributed by atoms with Crippen molar-refractivity contribution < 1.29 is 28.7 Å². The van der Waals surface area contributed by atoms with E-state index in [1.54, 1.807) is 4.90 Å². The largest absolute Gasteiger partial charge is 0.449 e. The van der Waals surface area contributed by atoms with Gasteiger partial charge in [-0.1, -0.05) is 0 Å². The first kappa shape index (κ1) is 21.8. The first-order chi connectivity index (χ1) is 12.8. The fraction of sp³-hybridized carbons (Fsp3) is 0.944. The smallest absolute Gasteiger partial charge is 0.410 e. The number of methoxy groups -OCH3 is 3. The first-order valence-electron chi connectivity index (χ1n) is 9.52. The molecule has 2 rings (SSSR count). The van der Waals surface area contributed by atoms with Gasteiger partial charge in [-0.25, -0.2) is 4.79 Å². The summed E-state index contributed by atoms with van der Waals surface area (Å²) in [7, 11) is 4.45. The van der Waals surface area contributed by atoms with Gasteiger partial charge in [0.2, 0.25) is 6.04 Å². The summed E-state index contributed by atoms with van der Waals surface area (Å²) in [4.78, 5) is 25.7. The maximum absolute atomic E-state index is 12.6. The molecule has 7 atom stereocenters. The molecule has 9 heteroatoms. The van der Waals surface area contributed by atoms with Gasteiger partial charge in [-0.3, -0.25) is 10.1 Å². The molecular weight excluding hydrogens is 356 g/mol. The van der Waals surface area contributed by atoms with E-state index in [-0.39, 0.29) is 29.7 Å². The molecule has 2 aliphatic rings. The van der Waals surface area contributed by atoms with Crippen molar-refractivity contribution in [2.75, 3.05) is 27.9 Å². The van der Waals surface area contributed by atoms with Crippen molar-refractivity contribution in [3.63, 3.8) is 0 Å². The second-order valence-corrected chi connectivity index (χ2v) is 7.56. The van der Waals surface area contributed by atoms with Crippen LogP contribution in [-0.4, -0.2) is 80.3 Å². The van der Waals surface area contributed by atoms with Gasteiger partial charge >= 0.3 is 6.09 Å². The minimum atomic E-state index is -1.03. The van der Waals surface area contributed by atoms with Gasteiger partial charge in [-0.05, 0) is 39.5 Å². The monoisotopic (exact) mass is 388 g/mol. The average molecular weight is 388 g/mol. The number of carbonyl (C=O) groups is 1. The molecule has 1 amide bonds. The van der Waals surface area contributed by atoms with Crippen LogP contribution in [0.25, 0.3) is 0 Å². The Bertz CT molecular complexity index is 508. The number of nitro groups is 1. The van der Waals surface area contributed by atoms with E-state index in [0.717, 1.165) is 19.3 Å². The van der Waals surface area contributed by atoms with E-state index in [4.69, 9.17) is 18.9 Å². The Morgan fingerprint density at radius 3 is 2.15 bits per heavy atom. The number of likely N-dealkylation sites (tertiary alicyclic amines) is 1. The summed E-state index contributed by atoms with van der Waals surface area (Å²) >= 11 is 0. The molecule has 2 fully saturated rings. The molecule has 0 aromatic heterocycles. The molecule has 1 saturated heterocycles. The lowest BCUT2D eigenvalue weighted by atomic mass is 9.79. The van der Waals surface area contributed by atoms with Crippen LogP contribution in [0.4, 0.5) is 4.79 Å². The Hall–Kier alpha value is -1.45. The summed E-state index contributed by atoms with van der Waals surface area (Å²) in [5.74, 6) is -0.513. The molecule has 1 saturated carbocycles. The topological polar surface area (TPSA) is 100 Å². The Labute approximate surface area is 160 Å². The molecule has 0 N–H and O–H groups in total. The number of carbonyl (C=O) groups excluding carboxylic acids is 1. The molecule has 1 aliphatic heterocycles. The maximum Gasteiger partial charge on any atom is 0.410 e. The third-order valence-electron chi connectivity index (χ3n) is 5.96. The van der Waals surface area contributed by atoms with Crippen molar-refractivity contribution in [3.8, 4) is 0 Å². The van der Waals surface area contributed by atoms with Crippen molar-refractivity contribution in [2.24, 2.45) is 5.92 Å². The van der Waals surface area contributed by atoms with Crippen molar-refractivity contribution in [2.45, 2.75) is 76.0 Å². The van der Waals surface area contributed by atoms with Gasteiger partial charge in [-0.2, -0.15) is 0 Å². The van der Waals surface area contributed by atoms with Gasteiger partial charge in [0.15, 0.2) is 6.10 Å². The maximum atomic E-state index is 12.6. The summed E-state index contributed by atoms with van der Waals surface area (Å²) in [6, 6.07) is -0.819. The predicted octanol–water partition coefficient (Wildman–Crippen LogP) is 2.10. The average Bonchev–Trinajstić information content (AvgIpc) is 2.64. The highest BCUT2D eigenvalue weighted by Crippen LogP contribution is 2.33. The van der Waals surface area contributed by atoms with Crippen molar-refractivity contribution >= 4 is 6.09 Å². The second-order valence-electron chi connectivity index (χ2n) is 7.56. The molecule has 7 unspecified atom stereocenters. The van der Waals surface area contributed by atoms with Gasteiger partial charge in [0.25, 0.3) is 0 Å². The zero-order valence-electron chi connectivity index (χ0n) is 16.8. The molecule has 1 heterocycles. The summed E-state index contributed by atoms with van der Waals surface area (Å²) < 4.78 is 21.8. The van der Waals surface area contributed by atoms with Gasteiger partial charge in [0, 0.05) is 38.3 Å². The zero-order valence-corrected chi connectivity index (χ0v) is 16.8. The van der Waals surface area contributed by atoms with Crippen LogP contribution in [0.3, 0.4) is 0 Å². The van der Waals surface area contributed by atoms with E-state index in [2.05, 4.69) is 0 Å². The molecule has 156 valence electrons. The quantitative estimate of drug-likeness (QED) is 0.507. The second kappa shape index (κ2) is 9.66. The van der Waals surface area contributed by atoms with Crippen molar-refractivity contribution in [3.05, 3.63) is 10.1 Å². The highest BCUT2D eigenvalue weighted by molar-refractivity contribution is 5.68. The summed E-state index contributed by atoms with van der Waals surface area (Å²) in [6.07, 6.45) is 1.22. The molecule has 0 spiro atoms. The number of ether oxygens (including phenoxy) is 4. The van der Waals surface area contributed by atoms with Crippen LogP contribution in [0.2, 0.25) is 0 Å². The number of hydrogen-bond acceptors (Lipinski definition) is 7. The Kier molecular flexibility index (Phi) is 7.81. The number of piperidine rings is 1. The van der Waals surface area contributed by atoms with E-state index in [1.165, 1.54) is 21.3 Å². The Balaban J connectivity index is 2.10. The summed E-state index contributed by atoms with van der Waals surface area (Å²) in [5, 5.41) is 11.7. The van der Waals surface area contributed by atoms with Gasteiger partial charge < -0.3 is 23.8 Å². The fourth-order valence-electron chi connectivity index (χ4n) is 4.53. The minimum Gasteiger partial charge on any atom is -0.449 e. The number of hydrogen-bond donors (Lipinski definition) is 0. The van der Waals surface area contributed by atoms with E-state index in [0.29, 0.717) is 6.42 Å². The third kappa shape index (κ3) is 4.70. The molecule has 9 nitrogen and oxygen atoms in total. The van der Waals surface area contributed by atoms with Crippen molar-refractivity contribution in [1.82, 2.24) is 4.90 Å². The lowest BCUT2D eigenvalue weighted by Gasteiger charge is -2.41. The van der Waals surface area contributed by atoms with Crippen LogP contribution < -0.4 is 0 Å². The molecule has 0 bridgehead atoms. The Morgan fingerprint density at radius 2 is 1.67 bits per heavy atom. The van der Waals surface area contributed by atoms with E-state index in [9.17, 15) is 14.9 Å². The predicted molar refractivity (Wildman–Crippen MR) is 97.2 cm³/mol. The molecule has 1 aliphatic carbocycles. The molecule has 0 aromatic carbocycles. The van der Waals surface area contributed by atoms with Crippen LogP contribution >= 0.6 is 0 Å². The lowest BCUT2D eigenvalue weighted by Crippen LogP contribution is -2.59. The highest BCUT2D eigenvalue weighted by atomic mass is 16.6. The standard InChI is InChI=1S/C18H32N2O7/c1-11-7-6-8-12(2)19(11)18(21)27-10-13-9-14(24-3)16(25-4)17(26-5)15(13)20(22)23/h11-17H,6-10H2,1-5H3. The summed E-state index contributed by atoms with van der Waals surface area (Å²) in [6.45, 7) is 3.96. The van der Waals surface area contributed by atoms with Crippen LogP contribution in [0.5, 0.6) is 0 Å². The number of nitrogens with zero attached hydrogens (tertiary/aromatic N) is 2. The van der Waals surface area contributed by atoms with E-state index < -0.39 is 30.3 Å². The highest BCUT2D eigenvalue weighted by Gasteiger charge is 2.53. The van der Waals surface area contributed by atoms with Gasteiger partial charge in [0.05, 0.1) is 12.0 Å². The lowest BCUT2D eigenvalue weighted by molar-refractivity contribution is -0.553. The SMILES string of the molecule is COC1CC(COC(=O)N2C(C)CCCC2C)C([N+](=O)[O-])C(OC)C1OC. The van der Waals surface area contributed by atoms with E-state index in [1.807, 2.05) is 13.8 Å². The van der Waals surface area contributed by atoms with Crippen LogP contribution in [-0.2, 0) is 18.9 Å². The van der Waals surface area contributed by atoms with E-state index >= 15 is 0 Å². The molecular formula is C18H32N2O7. The van der Waals surface area contributed by atoms with Gasteiger partial charge in [0.1, 0.15) is 12.7 Å². The van der Waals surface area contributed by atoms with Crippen LogP contribution in [0.15, 0.2) is 0 Å². The molecule has 0 radical (unpaired) electrons. The van der Waals surface area contributed by atoms with Crippen LogP contribution in [0.1, 0.15) is 39.5 Å². The first-order valence-corrected chi connectivity index (χ1v) is 9.52. The van der Waals surface area contributed by atoms with Gasteiger partial charge in [-0.15, -0.1) is 0 Å². The molecule has 27 heavy (non-hydrogen) atoms. The minimum absolute atomic E-state index is 0.0451. The number of rotatable bonds is 6. The third-order valence-corrected chi connectivity index (χ3v) is 5.96. The fourth-order valence-corrected chi connectivity index (χ4v) is 4.53.